The molecule has 1 nitrogen and oxygen atoms in total. The molecule has 0 radical (unpaired) electrons. The van der Waals surface area contributed by atoms with Gasteiger partial charge in [-0.3, -0.25) is 0 Å². The maximum absolute atomic E-state index is 14.1. The van der Waals surface area contributed by atoms with E-state index in [1.54, 1.807) is 17.8 Å². The summed E-state index contributed by atoms with van der Waals surface area (Å²) in [7, 11) is 1.70. The third kappa shape index (κ3) is 4.87. The summed E-state index contributed by atoms with van der Waals surface area (Å²) in [6.45, 7) is 2.07. The molecule has 0 spiro atoms. The summed E-state index contributed by atoms with van der Waals surface area (Å²) in [4.78, 5) is 0. The normalized spacial score (nSPS) is 13.0. The van der Waals surface area contributed by atoms with E-state index in [0.29, 0.717) is 28.6 Å². The smallest absolute Gasteiger partial charge is 0.356 e. The largest absolute Gasteiger partial charge is 0.460 e. The predicted molar refractivity (Wildman–Crippen MR) is 104 cm³/mol. The van der Waals surface area contributed by atoms with Gasteiger partial charge in [-0.2, -0.15) is 30.7 Å². The number of hydrogen-bond acceptors (Lipinski definition) is 1. The second kappa shape index (κ2) is 9.08. The van der Waals surface area contributed by atoms with Crippen molar-refractivity contribution >= 4 is 12.2 Å². The van der Waals surface area contributed by atoms with Crippen LogP contribution in [0.4, 0.5) is 30.7 Å². The van der Waals surface area contributed by atoms with Crippen LogP contribution in [0, 0.1) is 4.51 Å². The number of aromatic nitrogens is 1. The molecule has 0 aliphatic carbocycles. The molecular formula is C21H22F7NS. The zero-order chi connectivity index (χ0) is 22.7. The highest BCUT2D eigenvalue weighted by Gasteiger charge is 2.73. The number of rotatable bonds is 8. The lowest BCUT2D eigenvalue weighted by molar-refractivity contribution is -0.359. The second-order valence-electron chi connectivity index (χ2n) is 7.23. The van der Waals surface area contributed by atoms with Gasteiger partial charge in [-0.1, -0.05) is 56.6 Å². The molecule has 0 atom stereocenters. The van der Waals surface area contributed by atoms with Crippen molar-refractivity contribution < 1.29 is 30.7 Å². The van der Waals surface area contributed by atoms with Crippen molar-refractivity contribution in [1.29, 1.82) is 0 Å². The number of aryl methyl sites for hydroxylation is 2. The Bertz CT molecular complexity index is 932. The van der Waals surface area contributed by atoms with Crippen molar-refractivity contribution in [2.45, 2.75) is 57.0 Å². The van der Waals surface area contributed by atoms with Gasteiger partial charge in [0.25, 0.3) is 0 Å². The first kappa shape index (κ1) is 24.4. The molecule has 1 aromatic carbocycles. The van der Waals surface area contributed by atoms with Crippen LogP contribution in [-0.4, -0.2) is 16.7 Å². The molecule has 2 aromatic rings. The molecular weight excluding hydrogens is 431 g/mol. The molecule has 0 fully saturated rings. The third-order valence-corrected chi connectivity index (χ3v) is 5.30. The van der Waals surface area contributed by atoms with Crippen molar-refractivity contribution in [3.63, 3.8) is 0 Å². The monoisotopic (exact) mass is 453 g/mol. The molecule has 0 bridgehead atoms. The van der Waals surface area contributed by atoms with Gasteiger partial charge in [0.15, 0.2) is 0 Å². The van der Waals surface area contributed by atoms with E-state index in [0.717, 1.165) is 37.3 Å². The summed E-state index contributed by atoms with van der Waals surface area (Å²) in [5.74, 6) is -11.6. The highest BCUT2D eigenvalue weighted by molar-refractivity contribution is 7.71. The quantitative estimate of drug-likeness (QED) is 0.224. The molecule has 30 heavy (non-hydrogen) atoms. The van der Waals surface area contributed by atoms with Crippen LogP contribution in [0.15, 0.2) is 36.7 Å². The summed E-state index contributed by atoms with van der Waals surface area (Å²) in [6, 6.07) is 3.58. The highest BCUT2D eigenvalue weighted by Crippen LogP contribution is 2.52. The summed E-state index contributed by atoms with van der Waals surface area (Å²) in [5, 5.41) is 0. The minimum Gasteiger partial charge on any atom is -0.356 e. The van der Waals surface area contributed by atoms with E-state index < -0.39 is 23.6 Å². The van der Waals surface area contributed by atoms with E-state index in [4.69, 9.17) is 12.2 Å². The molecule has 1 aromatic heterocycles. The Morgan fingerprint density at radius 3 is 2.20 bits per heavy atom. The fourth-order valence-corrected chi connectivity index (χ4v) is 3.47. The minimum atomic E-state index is -6.39. The first-order valence-electron chi connectivity index (χ1n) is 9.45. The Balaban J connectivity index is 2.48. The molecule has 0 saturated carbocycles. The second-order valence-corrected chi connectivity index (χ2v) is 7.64. The van der Waals surface area contributed by atoms with E-state index in [1.807, 2.05) is 0 Å². The van der Waals surface area contributed by atoms with Crippen molar-refractivity contribution in [1.82, 2.24) is 4.57 Å². The summed E-state index contributed by atoms with van der Waals surface area (Å²) in [6.07, 6.45) is 1.58. The van der Waals surface area contributed by atoms with Gasteiger partial charge in [-0.15, -0.1) is 0 Å². The van der Waals surface area contributed by atoms with Gasteiger partial charge in [0.2, 0.25) is 0 Å². The van der Waals surface area contributed by atoms with Crippen LogP contribution < -0.4 is 0 Å². The molecule has 0 unspecified atom stereocenters. The van der Waals surface area contributed by atoms with Gasteiger partial charge < -0.3 is 4.57 Å². The van der Waals surface area contributed by atoms with Crippen LogP contribution in [0.5, 0.6) is 0 Å². The summed E-state index contributed by atoms with van der Waals surface area (Å²) in [5.41, 5.74) is -0.249. The fraction of sp³-hybridized carbons (Fsp3) is 0.476. The number of hydrogen-bond donors (Lipinski definition) is 0. The number of alkyl halides is 7. The molecule has 166 valence electrons. The molecule has 0 aliphatic heterocycles. The Kier molecular flexibility index (Phi) is 7.37. The summed E-state index contributed by atoms with van der Waals surface area (Å²) < 4.78 is 94.7. The molecule has 0 amide bonds. The van der Waals surface area contributed by atoms with E-state index in [2.05, 4.69) is 6.92 Å². The average molecular weight is 453 g/mol. The molecule has 9 heteroatoms. The number of nitrogens with zero attached hydrogens (tertiary/aromatic N) is 1. The van der Waals surface area contributed by atoms with Gasteiger partial charge in [0.1, 0.15) is 0 Å². The van der Waals surface area contributed by atoms with Crippen molar-refractivity contribution in [3.8, 4) is 11.1 Å². The molecule has 1 heterocycles. The van der Waals surface area contributed by atoms with E-state index >= 15 is 0 Å². The lowest BCUT2D eigenvalue weighted by atomic mass is 9.96. The lowest BCUT2D eigenvalue weighted by Gasteiger charge is -2.28. The summed E-state index contributed by atoms with van der Waals surface area (Å²) >= 11 is 5.45. The maximum atomic E-state index is 14.1. The van der Waals surface area contributed by atoms with E-state index in [-0.39, 0.29) is 5.56 Å². The van der Waals surface area contributed by atoms with Gasteiger partial charge >= 0.3 is 18.0 Å². The van der Waals surface area contributed by atoms with Gasteiger partial charge in [-0.05, 0) is 30.0 Å². The SMILES string of the molecule is CCCCCCc1cn(C)cc(-c2cccc(C(F)(F)C(F)(F)C(F)(F)F)c2)c1=S. The van der Waals surface area contributed by atoms with Gasteiger partial charge in [-0.25, -0.2) is 0 Å². The molecule has 0 aliphatic rings. The first-order valence-corrected chi connectivity index (χ1v) is 9.86. The fourth-order valence-electron chi connectivity index (χ4n) is 3.14. The zero-order valence-corrected chi connectivity index (χ0v) is 17.3. The van der Waals surface area contributed by atoms with Crippen LogP contribution in [0.1, 0.15) is 43.7 Å². The van der Waals surface area contributed by atoms with E-state index in [1.165, 1.54) is 12.3 Å². The maximum Gasteiger partial charge on any atom is 0.460 e. The van der Waals surface area contributed by atoms with Gasteiger partial charge in [0, 0.05) is 30.6 Å². The van der Waals surface area contributed by atoms with Crippen LogP contribution in [0.3, 0.4) is 0 Å². The van der Waals surface area contributed by atoms with Crippen LogP contribution in [0.2, 0.25) is 0 Å². The van der Waals surface area contributed by atoms with Crippen LogP contribution >= 0.6 is 12.2 Å². The van der Waals surface area contributed by atoms with Crippen molar-refractivity contribution in [2.24, 2.45) is 7.05 Å². The number of benzene rings is 1. The van der Waals surface area contributed by atoms with Crippen molar-refractivity contribution in [3.05, 3.63) is 52.3 Å². The number of pyridine rings is 1. The Labute approximate surface area is 175 Å². The number of unbranched alkanes of at least 4 members (excludes halogenated alkanes) is 3. The topological polar surface area (TPSA) is 4.93 Å². The number of halogens is 7. The standard InChI is InChI=1S/C21H22F7NS/c1-3-4-5-6-8-15-12-29(2)13-17(18(15)30)14-9-7-10-16(11-14)19(22,23)20(24,25)21(26,27)28/h7,9-13H,3-6,8H2,1-2H3. The van der Waals surface area contributed by atoms with E-state index in [9.17, 15) is 30.7 Å². The Morgan fingerprint density at radius 1 is 0.933 bits per heavy atom. The first-order chi connectivity index (χ1) is 13.8. The lowest BCUT2D eigenvalue weighted by Crippen LogP contribution is -2.50. The minimum absolute atomic E-state index is 0.0566. The molecule has 2 rings (SSSR count). The van der Waals surface area contributed by atoms with Gasteiger partial charge in [0.05, 0.1) is 4.51 Å². The van der Waals surface area contributed by atoms with Crippen LogP contribution in [0.25, 0.3) is 11.1 Å². The van der Waals surface area contributed by atoms with Crippen LogP contribution in [-0.2, 0) is 19.4 Å². The Morgan fingerprint density at radius 2 is 1.60 bits per heavy atom. The highest BCUT2D eigenvalue weighted by atomic mass is 32.1. The van der Waals surface area contributed by atoms with Crippen molar-refractivity contribution in [2.75, 3.05) is 0 Å². The predicted octanol–water partition coefficient (Wildman–Crippen LogP) is 7.83. The Hall–Kier alpha value is -1.90. The molecule has 0 N–H and O–H groups in total. The third-order valence-electron chi connectivity index (χ3n) is 4.81. The average Bonchev–Trinajstić information content (AvgIpc) is 2.66. The molecule has 0 saturated heterocycles. The zero-order valence-electron chi connectivity index (χ0n) is 16.5.